The highest BCUT2D eigenvalue weighted by molar-refractivity contribution is 8.00. The number of para-hydroxylation sites is 2. The number of benzene rings is 3. The normalized spacial score (nSPS) is 24.3. The van der Waals surface area contributed by atoms with Gasteiger partial charge in [0.15, 0.2) is 0 Å². The van der Waals surface area contributed by atoms with Crippen molar-refractivity contribution >= 4 is 140 Å². The van der Waals surface area contributed by atoms with Crippen molar-refractivity contribution in [3.05, 3.63) is 120 Å². The Bertz CT molecular complexity index is 5320. The highest BCUT2D eigenvalue weighted by Crippen LogP contribution is 2.29. The lowest BCUT2D eigenvalue weighted by Gasteiger charge is -2.36. The molecule has 0 bridgehead atoms. The lowest BCUT2D eigenvalue weighted by Crippen LogP contribution is -2.61. The number of amides is 17. The summed E-state index contributed by atoms with van der Waals surface area (Å²) in [5.74, 6) is -17.9. The molecule has 3 aromatic heterocycles. The summed E-state index contributed by atoms with van der Waals surface area (Å²) in [6.07, 6.45) is 4.65. The third kappa shape index (κ3) is 31.5. The molecule has 3 saturated heterocycles. The zero-order valence-corrected chi connectivity index (χ0v) is 81.5. The lowest BCUT2D eigenvalue weighted by molar-refractivity contribution is -0.149. The molecular weight excluding hydrogens is 1830 g/mol. The fourth-order valence-electron chi connectivity index (χ4n) is 17.5. The predicted octanol–water partition coefficient (Wildman–Crippen LogP) is -0.150. The molecule has 762 valence electrons. The number of phenolic OH excluding ortho intramolecular Hbond substituents is 1. The first-order valence-corrected chi connectivity index (χ1v) is 48.9. The number of imidazole rings is 1. The van der Waals surface area contributed by atoms with E-state index >= 15 is 43.2 Å². The van der Waals surface area contributed by atoms with E-state index in [0.29, 0.717) is 70.6 Å². The number of aliphatic hydroxyl groups excluding tert-OH is 1. The molecule has 0 unspecified atom stereocenters. The van der Waals surface area contributed by atoms with Gasteiger partial charge in [0.05, 0.1) is 36.8 Å². The Morgan fingerprint density at radius 1 is 0.543 bits per heavy atom. The summed E-state index contributed by atoms with van der Waals surface area (Å²) < 4.78 is 0. The molecule has 44 heteroatoms. The zero-order chi connectivity index (χ0) is 102. The van der Waals surface area contributed by atoms with Crippen LogP contribution in [0.3, 0.4) is 0 Å². The Balaban J connectivity index is 1.12. The van der Waals surface area contributed by atoms with Gasteiger partial charge in [-0.05, 0) is 131 Å². The van der Waals surface area contributed by atoms with Crippen LogP contribution in [0.1, 0.15) is 173 Å². The van der Waals surface area contributed by atoms with E-state index in [4.69, 9.17) is 11.5 Å². The van der Waals surface area contributed by atoms with E-state index in [2.05, 4.69) is 78.4 Å². The van der Waals surface area contributed by atoms with Crippen LogP contribution < -0.4 is 70.0 Å². The van der Waals surface area contributed by atoms with Crippen molar-refractivity contribution in [2.75, 3.05) is 65.4 Å². The van der Waals surface area contributed by atoms with Gasteiger partial charge in [-0.25, -0.2) is 4.98 Å². The van der Waals surface area contributed by atoms with Gasteiger partial charge in [0.2, 0.25) is 100 Å². The summed E-state index contributed by atoms with van der Waals surface area (Å²) in [5.41, 5.74) is 14.6. The number of aromatic nitrogens is 4. The number of thioether (sulfide) groups is 1. The van der Waals surface area contributed by atoms with Crippen LogP contribution in [0.4, 0.5) is 0 Å². The van der Waals surface area contributed by atoms with Crippen LogP contribution in [0, 0.1) is 5.92 Å². The quantitative estimate of drug-likeness (QED) is 0.0261. The molecule has 3 fully saturated rings. The number of primary amides is 1. The Morgan fingerprint density at radius 2 is 1.08 bits per heavy atom. The third-order valence-electron chi connectivity index (χ3n) is 25.4. The minimum atomic E-state index is -1.91. The van der Waals surface area contributed by atoms with E-state index < -0.39 is 229 Å². The van der Waals surface area contributed by atoms with Crippen LogP contribution in [0.5, 0.6) is 5.75 Å². The maximum atomic E-state index is 16.0. The number of carbonyl (C=O) groups excluding carboxylic acids is 17. The van der Waals surface area contributed by atoms with E-state index in [9.17, 15) is 58.5 Å². The summed E-state index contributed by atoms with van der Waals surface area (Å²) in [6.45, 7) is 8.75. The van der Waals surface area contributed by atoms with Crippen molar-refractivity contribution in [1.82, 2.24) is 103 Å². The molecule has 0 spiro atoms. The van der Waals surface area contributed by atoms with E-state index in [1.165, 1.54) is 81.6 Å². The molecule has 3 aromatic carbocycles. The van der Waals surface area contributed by atoms with Gasteiger partial charge < -0.3 is 125 Å². The molecule has 17 amide bonds. The van der Waals surface area contributed by atoms with Crippen LogP contribution in [0.2, 0.25) is 0 Å². The second-order valence-electron chi connectivity index (χ2n) is 36.5. The SMILES string of the molecule is CCCC[C@H]1C(=O)N(C)[C@@H](CCCC)C(=O)N[C@@H](CC(C)C)C(=O)N[C@H](C(=O)NCC(N)=O)CSCC(=O)N[C@@H](Cc2ccc(O)cc2)C(=O)N(C)[C@@H](C)C(=O)N[C@@H](CC(=O)O)C(=O)N2CCC[C@H]2C(=O)N[C@@H](Cc2c[nH]cn2)C(=O)N[C@@H](CCCCNC(C)=O)C(=O)N2C[C@H](O)C[C@H]2C(=O)N[C@@H](Cc2c[nH]c3ccccc23)C(=O)N[C@@H](CCCCN)C(=O)N[C@@H](Cc2c[nH]c3ccccc23)C(=O)N1C. The van der Waals surface area contributed by atoms with E-state index in [0.717, 1.165) is 26.5 Å². The maximum absolute atomic E-state index is 16.0. The number of aromatic amines is 3. The number of aliphatic carboxylic acids is 1. The van der Waals surface area contributed by atoms with Crippen molar-refractivity contribution in [2.24, 2.45) is 17.4 Å². The number of hydrogen-bond donors (Lipinski definition) is 19. The number of H-pyrrole nitrogens is 3. The van der Waals surface area contributed by atoms with Gasteiger partial charge in [-0.2, -0.15) is 0 Å². The number of carboxylic acids is 1. The smallest absolute Gasteiger partial charge is 0.305 e. The summed E-state index contributed by atoms with van der Waals surface area (Å²) in [5, 5.41) is 63.3. The summed E-state index contributed by atoms with van der Waals surface area (Å²) in [4.78, 5) is 284. The van der Waals surface area contributed by atoms with Gasteiger partial charge in [-0.15, -0.1) is 11.8 Å². The summed E-state index contributed by atoms with van der Waals surface area (Å²) >= 11 is 0.788. The highest BCUT2D eigenvalue weighted by atomic mass is 32.2. The molecule has 43 nitrogen and oxygen atoms in total. The largest absolute Gasteiger partial charge is 0.508 e. The number of carbonyl (C=O) groups is 18. The van der Waals surface area contributed by atoms with Gasteiger partial charge in [0.25, 0.3) is 0 Å². The number of hydrogen-bond acceptors (Lipinski definition) is 23. The fourth-order valence-corrected chi connectivity index (χ4v) is 18.4. The number of aliphatic hydroxyl groups is 1. The Kier molecular flexibility index (Phi) is 42.2. The van der Waals surface area contributed by atoms with Crippen molar-refractivity contribution in [1.29, 1.82) is 0 Å². The molecule has 6 heterocycles. The molecule has 21 N–H and O–H groups in total. The molecule has 6 aromatic rings. The number of carboxylic acid groups (broad SMARTS) is 1. The van der Waals surface area contributed by atoms with Gasteiger partial charge in [0, 0.05) is 126 Å². The molecule has 15 atom stereocenters. The monoisotopic (exact) mass is 1960 g/mol. The molecular formula is C96H136N22O21S. The fraction of sp³-hybridized carbons (Fsp3) is 0.552. The Labute approximate surface area is 816 Å². The first-order chi connectivity index (χ1) is 66.8. The van der Waals surface area contributed by atoms with Crippen LogP contribution in [-0.4, -0.2) is 322 Å². The number of nitrogens with two attached hydrogens (primary N) is 2. The molecule has 9 rings (SSSR count). The molecule has 140 heavy (non-hydrogen) atoms. The van der Waals surface area contributed by atoms with Crippen LogP contribution in [0.15, 0.2) is 97.7 Å². The zero-order valence-electron chi connectivity index (χ0n) is 80.7. The van der Waals surface area contributed by atoms with E-state index in [-0.39, 0.29) is 133 Å². The van der Waals surface area contributed by atoms with Crippen LogP contribution in [-0.2, 0) is 112 Å². The Hall–Kier alpha value is -13.5. The van der Waals surface area contributed by atoms with E-state index in [1.807, 2.05) is 26.0 Å². The second-order valence-corrected chi connectivity index (χ2v) is 37.5. The number of unbranched alkanes of at least 4 members (excludes halogenated alkanes) is 4. The van der Waals surface area contributed by atoms with Crippen molar-refractivity contribution in [3.63, 3.8) is 0 Å². The first kappa shape index (κ1) is 110. The number of fused-ring (bicyclic) bond motifs is 4. The number of aromatic hydroxyl groups is 1. The van der Waals surface area contributed by atoms with Gasteiger partial charge in [-0.3, -0.25) is 86.3 Å². The van der Waals surface area contributed by atoms with Crippen molar-refractivity contribution in [3.8, 4) is 5.75 Å². The molecule has 0 radical (unpaired) electrons. The van der Waals surface area contributed by atoms with Gasteiger partial charge in [0.1, 0.15) is 90.3 Å². The minimum absolute atomic E-state index is 0.0337. The number of nitrogens with zero attached hydrogens (tertiary/aromatic N) is 6. The van der Waals surface area contributed by atoms with Crippen LogP contribution in [0.25, 0.3) is 21.8 Å². The van der Waals surface area contributed by atoms with Crippen LogP contribution >= 0.6 is 11.8 Å². The number of likely N-dealkylation sites (N-methyl/N-ethyl adjacent to an activating group) is 3. The molecule has 0 saturated carbocycles. The predicted molar refractivity (Wildman–Crippen MR) is 517 cm³/mol. The topological polar surface area (TPSA) is 629 Å². The number of phenols is 1. The van der Waals surface area contributed by atoms with Crippen molar-refractivity contribution < 1.29 is 102 Å². The summed E-state index contributed by atoms with van der Waals surface area (Å²) in [7, 11) is 4.00. The standard InChI is InChI=1S/C96H136N22O21S/c1-10-12-29-76-89(132)108-69(39-54(3)4)86(129)113-75(84(127)103-49-80(98)122)51-140-52-81(123)105-72(40-57-32-34-61(120)35-33-57)92(135)114(7)55(5)83(126)111-74(45-82(124)125)95(138)117-38-22-31-77(117)90(133)110-71(43-60-48-99-53-104-60)88(131)107-68(28-19-21-37-100-56(6)119)94(137)118-50-62(121)44-79(118)91(134)109-70(41-58-46-101-65-25-16-14-23-63(58)65)87(130)106-67(27-18-20-36-97)85(128)112-73(42-59-47-102-66-26-17-15-24-64(59)66)93(136)116(9)78(30-13-11-2)96(139)115(76)8/h14-17,23-26,32-35,46-48,53-55,62,67-79,101-102,120-121H,10-13,18-22,27-31,36-45,49-52,97H2,1-9H3,(H2,98,122)(H,99,104)(H,100,119)(H,103,127)(H,105,123)(H,106,130)(H,107,131)(H,108,132)(H,109,134)(H,110,133)(H,111,126)(H,112,128)(H,113,129)(H,124,125)/t55-,62+,67-,68-,69-,70-,71-,72-,73-,74-,75-,76-,77-,78-,79-/m0/s1. The average molecular weight is 1970 g/mol. The molecule has 3 aliphatic rings. The maximum Gasteiger partial charge on any atom is 0.305 e. The molecule has 0 aliphatic carbocycles. The minimum Gasteiger partial charge on any atom is -0.508 e. The third-order valence-corrected chi connectivity index (χ3v) is 26.4. The number of rotatable bonds is 30. The summed E-state index contributed by atoms with van der Waals surface area (Å²) in [6, 6.07) is -1.57. The average Bonchev–Trinajstić information content (AvgIpc) is 1.66. The number of nitrogens with one attached hydrogen (secondary N) is 14. The van der Waals surface area contributed by atoms with E-state index in [1.54, 1.807) is 62.6 Å². The Morgan fingerprint density at radius 3 is 1.69 bits per heavy atom. The highest BCUT2D eigenvalue weighted by Gasteiger charge is 2.47. The van der Waals surface area contributed by atoms with Gasteiger partial charge in [-0.1, -0.05) is 102 Å². The van der Waals surface area contributed by atoms with Gasteiger partial charge >= 0.3 is 5.97 Å². The van der Waals surface area contributed by atoms with Crippen molar-refractivity contribution in [2.45, 2.75) is 267 Å². The first-order valence-electron chi connectivity index (χ1n) is 47.8. The lowest BCUT2D eigenvalue weighted by atomic mass is 9.99. The molecule has 3 aliphatic heterocycles. The second kappa shape index (κ2) is 53.6.